The van der Waals surface area contributed by atoms with E-state index in [0.29, 0.717) is 14.2 Å². The number of carbonyl (C=O) groups is 2. The molecule has 0 saturated heterocycles. The number of carbonyl (C=O) groups excluding carboxylic acids is 2. The molecule has 0 saturated carbocycles. The van der Waals surface area contributed by atoms with Crippen molar-refractivity contribution in [1.82, 2.24) is 15.5 Å². The van der Waals surface area contributed by atoms with Gasteiger partial charge in [0.15, 0.2) is 8.68 Å². The summed E-state index contributed by atoms with van der Waals surface area (Å²) in [6, 6.07) is 6.28. The van der Waals surface area contributed by atoms with E-state index in [0.717, 1.165) is 0 Å². The molecule has 2 rings (SSSR count). The summed E-state index contributed by atoms with van der Waals surface area (Å²) in [5.41, 5.74) is 5.49. The first-order valence-electron chi connectivity index (χ1n) is 6.42. The van der Waals surface area contributed by atoms with Crippen molar-refractivity contribution in [1.29, 1.82) is 0 Å². The molecule has 0 fully saturated rings. The average Bonchev–Trinajstić information content (AvgIpc) is 2.98. The lowest BCUT2D eigenvalue weighted by Gasteiger charge is -2.05. The van der Waals surface area contributed by atoms with E-state index in [9.17, 15) is 14.0 Å². The van der Waals surface area contributed by atoms with Gasteiger partial charge in [-0.25, -0.2) is 4.39 Å². The molecule has 1 aromatic carbocycles. The van der Waals surface area contributed by atoms with Crippen LogP contribution in [0.1, 0.15) is 5.56 Å². The van der Waals surface area contributed by atoms with Crippen LogP contribution < -0.4 is 11.1 Å². The van der Waals surface area contributed by atoms with Gasteiger partial charge in [-0.2, -0.15) is 0 Å². The molecular formula is C13H13FN4O2S3. The Labute approximate surface area is 144 Å². The molecule has 0 atom stereocenters. The molecular weight excluding hydrogens is 359 g/mol. The molecule has 0 aliphatic carbocycles. The Balaban J connectivity index is 1.74. The number of nitrogens with zero attached hydrogens (tertiary/aromatic N) is 2. The molecule has 0 bridgehead atoms. The summed E-state index contributed by atoms with van der Waals surface area (Å²) in [6.07, 6.45) is 0. The van der Waals surface area contributed by atoms with E-state index in [1.807, 2.05) is 0 Å². The minimum absolute atomic E-state index is 0.141. The maximum Gasteiger partial charge on any atom is 0.230 e. The normalized spacial score (nSPS) is 10.5. The zero-order valence-corrected chi connectivity index (χ0v) is 14.3. The predicted octanol–water partition coefficient (Wildman–Crippen LogP) is 1.66. The molecule has 23 heavy (non-hydrogen) atoms. The van der Waals surface area contributed by atoms with Crippen LogP contribution in [0.5, 0.6) is 0 Å². The molecule has 2 amide bonds. The minimum Gasteiger partial charge on any atom is -0.369 e. The van der Waals surface area contributed by atoms with Gasteiger partial charge in [-0.15, -0.1) is 10.2 Å². The summed E-state index contributed by atoms with van der Waals surface area (Å²) in [5.74, 6) is -0.696. The number of nitrogens with one attached hydrogen (secondary N) is 1. The molecule has 1 aromatic heterocycles. The third-order valence-electron chi connectivity index (χ3n) is 2.49. The Morgan fingerprint density at radius 3 is 2.48 bits per heavy atom. The van der Waals surface area contributed by atoms with E-state index in [2.05, 4.69) is 15.5 Å². The van der Waals surface area contributed by atoms with Gasteiger partial charge in [0.2, 0.25) is 11.8 Å². The number of nitrogens with two attached hydrogens (primary N) is 1. The van der Waals surface area contributed by atoms with Gasteiger partial charge >= 0.3 is 0 Å². The van der Waals surface area contributed by atoms with E-state index in [1.54, 1.807) is 18.2 Å². The Morgan fingerprint density at radius 2 is 1.83 bits per heavy atom. The van der Waals surface area contributed by atoms with Gasteiger partial charge in [-0.05, 0) is 6.07 Å². The van der Waals surface area contributed by atoms with Crippen molar-refractivity contribution in [3.8, 4) is 0 Å². The van der Waals surface area contributed by atoms with Crippen LogP contribution in [0.4, 0.5) is 4.39 Å². The van der Waals surface area contributed by atoms with Crippen molar-refractivity contribution < 1.29 is 14.0 Å². The summed E-state index contributed by atoms with van der Waals surface area (Å²) >= 11 is 3.73. The quantitative estimate of drug-likeness (QED) is 0.684. The standard InChI is InChI=1S/C13H13FN4O2S3/c14-9-4-2-1-3-8(9)5-16-11(20)7-22-13-18-17-12(23-13)21-6-10(15)19/h1-4H,5-7H2,(H2,15,19)(H,16,20). The van der Waals surface area contributed by atoms with Crippen LogP contribution in [0, 0.1) is 5.82 Å². The van der Waals surface area contributed by atoms with Crippen LogP contribution in [0.2, 0.25) is 0 Å². The van der Waals surface area contributed by atoms with Crippen LogP contribution in [0.3, 0.4) is 0 Å². The zero-order valence-electron chi connectivity index (χ0n) is 11.8. The maximum atomic E-state index is 13.4. The summed E-state index contributed by atoms with van der Waals surface area (Å²) in [4.78, 5) is 22.4. The second-order valence-corrected chi connectivity index (χ2v) is 7.67. The summed E-state index contributed by atoms with van der Waals surface area (Å²) in [6.45, 7) is 0.141. The predicted molar refractivity (Wildman–Crippen MR) is 88.8 cm³/mol. The lowest BCUT2D eigenvalue weighted by Crippen LogP contribution is -2.24. The van der Waals surface area contributed by atoms with Crippen LogP contribution in [-0.4, -0.2) is 33.5 Å². The largest absolute Gasteiger partial charge is 0.369 e. The number of benzene rings is 1. The molecule has 0 spiro atoms. The van der Waals surface area contributed by atoms with Crippen LogP contribution >= 0.6 is 34.9 Å². The van der Waals surface area contributed by atoms with Crippen molar-refractivity contribution in [3.05, 3.63) is 35.6 Å². The Hall–Kier alpha value is -1.65. The van der Waals surface area contributed by atoms with Crippen molar-refractivity contribution >= 4 is 46.7 Å². The molecule has 1 heterocycles. The van der Waals surface area contributed by atoms with E-state index >= 15 is 0 Å². The lowest BCUT2D eigenvalue weighted by molar-refractivity contribution is -0.118. The van der Waals surface area contributed by atoms with Crippen LogP contribution in [-0.2, 0) is 16.1 Å². The van der Waals surface area contributed by atoms with Crippen LogP contribution in [0.25, 0.3) is 0 Å². The monoisotopic (exact) mass is 372 g/mol. The number of hydrogen-bond donors (Lipinski definition) is 2. The SMILES string of the molecule is NC(=O)CSc1nnc(SCC(=O)NCc2ccccc2F)s1. The van der Waals surface area contributed by atoms with Crippen molar-refractivity contribution in [3.63, 3.8) is 0 Å². The molecule has 0 aliphatic rings. The lowest BCUT2D eigenvalue weighted by atomic mass is 10.2. The van der Waals surface area contributed by atoms with Crippen LogP contribution in [0.15, 0.2) is 32.9 Å². The number of thioether (sulfide) groups is 2. The molecule has 10 heteroatoms. The van der Waals surface area contributed by atoms with Gasteiger partial charge < -0.3 is 11.1 Å². The topological polar surface area (TPSA) is 98.0 Å². The van der Waals surface area contributed by atoms with Gasteiger partial charge in [0.05, 0.1) is 11.5 Å². The van der Waals surface area contributed by atoms with Gasteiger partial charge in [-0.1, -0.05) is 53.1 Å². The number of halogens is 1. The number of amides is 2. The molecule has 122 valence electrons. The van der Waals surface area contributed by atoms with E-state index < -0.39 is 5.91 Å². The fourth-order valence-corrected chi connectivity index (χ4v) is 4.05. The third kappa shape index (κ3) is 6.16. The fourth-order valence-electron chi connectivity index (χ4n) is 1.46. The Kier molecular flexibility index (Phi) is 6.81. The number of primary amides is 1. The third-order valence-corrected chi connectivity index (χ3v) is 5.70. The van der Waals surface area contributed by atoms with Crippen molar-refractivity contribution in [2.24, 2.45) is 5.73 Å². The van der Waals surface area contributed by atoms with E-state index in [-0.39, 0.29) is 29.8 Å². The maximum absolute atomic E-state index is 13.4. The number of hydrogen-bond acceptors (Lipinski definition) is 7. The van der Waals surface area contributed by atoms with Crippen molar-refractivity contribution in [2.45, 2.75) is 15.2 Å². The molecule has 0 unspecified atom stereocenters. The highest BCUT2D eigenvalue weighted by Crippen LogP contribution is 2.28. The molecule has 2 aromatic rings. The smallest absolute Gasteiger partial charge is 0.230 e. The van der Waals surface area contributed by atoms with Gasteiger partial charge in [0, 0.05) is 12.1 Å². The van der Waals surface area contributed by atoms with Gasteiger partial charge in [0.25, 0.3) is 0 Å². The average molecular weight is 372 g/mol. The van der Waals surface area contributed by atoms with Crippen molar-refractivity contribution in [2.75, 3.05) is 11.5 Å². The summed E-state index contributed by atoms with van der Waals surface area (Å²) < 4.78 is 14.7. The number of aromatic nitrogens is 2. The molecule has 3 N–H and O–H groups in total. The molecule has 0 radical (unpaired) electrons. The van der Waals surface area contributed by atoms with E-state index in [4.69, 9.17) is 5.73 Å². The first kappa shape index (κ1) is 17.7. The van der Waals surface area contributed by atoms with Gasteiger partial charge in [-0.3, -0.25) is 9.59 Å². The van der Waals surface area contributed by atoms with Gasteiger partial charge in [0.1, 0.15) is 5.82 Å². The Morgan fingerprint density at radius 1 is 1.17 bits per heavy atom. The highest BCUT2D eigenvalue weighted by atomic mass is 32.2. The summed E-state index contributed by atoms with van der Waals surface area (Å²) in [5, 5.41) is 10.5. The van der Waals surface area contributed by atoms with E-state index in [1.165, 1.54) is 40.9 Å². The first-order valence-corrected chi connectivity index (χ1v) is 9.21. The fraction of sp³-hybridized carbons (Fsp3) is 0.231. The highest BCUT2D eigenvalue weighted by molar-refractivity contribution is 8.03. The molecule has 0 aliphatic heterocycles. The second kappa shape index (κ2) is 8.85. The zero-order chi connectivity index (χ0) is 16.7. The highest BCUT2D eigenvalue weighted by Gasteiger charge is 2.10. The molecule has 6 nitrogen and oxygen atoms in total. The Bertz CT molecular complexity index is 695. The summed E-state index contributed by atoms with van der Waals surface area (Å²) in [7, 11) is 0. The first-order chi connectivity index (χ1) is 11.0. The second-order valence-electron chi connectivity index (χ2n) is 4.25. The number of rotatable bonds is 8. The minimum atomic E-state index is -0.424.